The van der Waals surface area contributed by atoms with Gasteiger partial charge >= 0.3 is 5.97 Å². The van der Waals surface area contributed by atoms with Crippen LogP contribution in [-0.4, -0.2) is 16.7 Å². The Bertz CT molecular complexity index is 469. The number of benzene rings is 1. The van der Waals surface area contributed by atoms with Gasteiger partial charge in [0.05, 0.1) is 16.9 Å². The van der Waals surface area contributed by atoms with E-state index in [1.165, 1.54) is 19.1 Å². The van der Waals surface area contributed by atoms with Crippen LogP contribution in [0.4, 0.5) is 5.69 Å². The number of nitro benzene ring substituents is 1. The Morgan fingerprint density at radius 3 is 2.56 bits per heavy atom. The first kappa shape index (κ1) is 13.8. The number of hydrogen-bond acceptors (Lipinski definition) is 5. The van der Waals surface area contributed by atoms with Crippen molar-refractivity contribution in [3.05, 3.63) is 39.9 Å². The number of ether oxygens (including phenoxy) is 1. The van der Waals surface area contributed by atoms with E-state index in [0.717, 1.165) is 0 Å². The average molecular weight is 251 g/mol. The number of para-hydroxylation sites is 1. The minimum absolute atomic E-state index is 0.00400. The van der Waals surface area contributed by atoms with Gasteiger partial charge in [-0.1, -0.05) is 12.1 Å². The summed E-state index contributed by atoms with van der Waals surface area (Å²) in [5.41, 5.74) is 0.246. The topological polar surface area (TPSA) is 86.5 Å². The molecule has 0 N–H and O–H groups in total. The number of rotatable bonds is 6. The van der Waals surface area contributed by atoms with Crippen LogP contribution < -0.4 is 0 Å². The highest BCUT2D eigenvalue weighted by atomic mass is 16.6. The Kier molecular flexibility index (Phi) is 4.98. The maximum absolute atomic E-state index is 11.3. The SMILES string of the molecule is CC(=O)CCC(=O)OCc1ccccc1[N+](=O)[O-]. The van der Waals surface area contributed by atoms with Crippen molar-refractivity contribution in [1.29, 1.82) is 0 Å². The van der Waals surface area contributed by atoms with Crippen LogP contribution in [-0.2, 0) is 20.9 Å². The van der Waals surface area contributed by atoms with Gasteiger partial charge in [0.1, 0.15) is 12.4 Å². The number of carbonyl (C=O) groups excluding carboxylic acids is 2. The standard InChI is InChI=1S/C12H13NO5/c1-9(14)6-7-12(15)18-8-10-4-2-3-5-11(10)13(16)17/h2-5H,6-8H2,1H3. The summed E-state index contributed by atoms with van der Waals surface area (Å²) in [6.45, 7) is 1.23. The molecule has 6 heteroatoms. The molecule has 0 aliphatic carbocycles. The number of nitrogens with zero attached hydrogens (tertiary/aromatic N) is 1. The second kappa shape index (κ2) is 6.48. The number of carbonyl (C=O) groups is 2. The molecule has 0 aliphatic rings. The third-order valence-corrected chi connectivity index (χ3v) is 2.26. The zero-order chi connectivity index (χ0) is 13.5. The maximum Gasteiger partial charge on any atom is 0.306 e. The molecule has 0 saturated carbocycles. The summed E-state index contributed by atoms with van der Waals surface area (Å²) >= 11 is 0. The summed E-state index contributed by atoms with van der Waals surface area (Å²) in [6, 6.07) is 6.04. The van der Waals surface area contributed by atoms with E-state index >= 15 is 0 Å². The van der Waals surface area contributed by atoms with E-state index in [0.29, 0.717) is 5.56 Å². The van der Waals surface area contributed by atoms with E-state index in [1.807, 2.05) is 0 Å². The molecule has 0 fully saturated rings. The van der Waals surface area contributed by atoms with Gasteiger partial charge in [-0.05, 0) is 13.0 Å². The van der Waals surface area contributed by atoms with Crippen LogP contribution in [0.2, 0.25) is 0 Å². The summed E-state index contributed by atoms with van der Waals surface area (Å²) in [7, 11) is 0. The lowest BCUT2D eigenvalue weighted by Gasteiger charge is -2.04. The van der Waals surface area contributed by atoms with Gasteiger partial charge in [0.15, 0.2) is 0 Å². The quantitative estimate of drug-likeness (QED) is 0.438. The molecule has 0 atom stereocenters. The minimum atomic E-state index is -0.539. The molecule has 1 aromatic carbocycles. The van der Waals surface area contributed by atoms with E-state index in [1.54, 1.807) is 12.1 Å². The highest BCUT2D eigenvalue weighted by Gasteiger charge is 2.14. The van der Waals surface area contributed by atoms with Crippen molar-refractivity contribution < 1.29 is 19.2 Å². The Balaban J connectivity index is 2.56. The highest BCUT2D eigenvalue weighted by Crippen LogP contribution is 2.18. The largest absolute Gasteiger partial charge is 0.461 e. The van der Waals surface area contributed by atoms with Gasteiger partial charge < -0.3 is 9.53 Å². The molecule has 0 spiro atoms. The Hall–Kier alpha value is -2.24. The fraction of sp³-hybridized carbons (Fsp3) is 0.333. The summed E-state index contributed by atoms with van der Waals surface area (Å²) in [5, 5.41) is 10.7. The normalized spacial score (nSPS) is 9.83. The zero-order valence-electron chi connectivity index (χ0n) is 9.92. The molecule has 18 heavy (non-hydrogen) atoms. The number of esters is 1. The first-order valence-corrected chi connectivity index (χ1v) is 5.38. The fourth-order valence-electron chi connectivity index (χ4n) is 1.32. The fourth-order valence-corrected chi connectivity index (χ4v) is 1.32. The average Bonchev–Trinajstić information content (AvgIpc) is 2.34. The third kappa shape index (κ3) is 4.32. The molecule has 0 saturated heterocycles. The van der Waals surface area contributed by atoms with Crippen molar-refractivity contribution in [2.24, 2.45) is 0 Å². The van der Waals surface area contributed by atoms with Crippen molar-refractivity contribution in [2.75, 3.05) is 0 Å². The molecule has 96 valence electrons. The van der Waals surface area contributed by atoms with E-state index in [4.69, 9.17) is 4.74 Å². The molecular weight excluding hydrogens is 238 g/mol. The van der Waals surface area contributed by atoms with Crippen molar-refractivity contribution in [2.45, 2.75) is 26.4 Å². The third-order valence-electron chi connectivity index (χ3n) is 2.26. The molecule has 0 amide bonds. The highest BCUT2D eigenvalue weighted by molar-refractivity contribution is 5.80. The molecule has 0 radical (unpaired) electrons. The lowest BCUT2D eigenvalue weighted by atomic mass is 10.2. The van der Waals surface area contributed by atoms with Gasteiger partial charge in [0.2, 0.25) is 0 Å². The van der Waals surface area contributed by atoms with Crippen LogP contribution in [0.3, 0.4) is 0 Å². The van der Waals surface area contributed by atoms with Crippen molar-refractivity contribution in [3.63, 3.8) is 0 Å². The zero-order valence-corrected chi connectivity index (χ0v) is 9.92. The predicted molar refractivity (Wildman–Crippen MR) is 62.8 cm³/mol. The molecule has 0 unspecified atom stereocenters. The molecule has 6 nitrogen and oxygen atoms in total. The van der Waals surface area contributed by atoms with Crippen LogP contribution in [0.5, 0.6) is 0 Å². The summed E-state index contributed by atoms with van der Waals surface area (Å²) in [4.78, 5) is 32.1. The second-order valence-corrected chi connectivity index (χ2v) is 3.75. The summed E-state index contributed by atoms with van der Waals surface area (Å²) in [6.07, 6.45) is 0.117. The molecule has 0 bridgehead atoms. The first-order valence-electron chi connectivity index (χ1n) is 5.38. The maximum atomic E-state index is 11.3. The lowest BCUT2D eigenvalue weighted by molar-refractivity contribution is -0.385. The van der Waals surface area contributed by atoms with Gasteiger partial charge in [0, 0.05) is 12.5 Å². The van der Waals surface area contributed by atoms with Crippen molar-refractivity contribution >= 4 is 17.4 Å². The van der Waals surface area contributed by atoms with Crippen LogP contribution >= 0.6 is 0 Å². The Morgan fingerprint density at radius 1 is 1.28 bits per heavy atom. The first-order chi connectivity index (χ1) is 8.50. The Labute approximate surface area is 104 Å². The van der Waals surface area contributed by atoms with Crippen molar-refractivity contribution in [3.8, 4) is 0 Å². The second-order valence-electron chi connectivity index (χ2n) is 3.75. The molecular formula is C12H13NO5. The van der Waals surface area contributed by atoms with Gasteiger partial charge in [-0.15, -0.1) is 0 Å². The molecule has 0 aromatic heterocycles. The van der Waals surface area contributed by atoms with Gasteiger partial charge in [-0.3, -0.25) is 14.9 Å². The van der Waals surface area contributed by atoms with Crippen LogP contribution in [0.25, 0.3) is 0 Å². The number of ketones is 1. The summed E-state index contributed by atoms with van der Waals surface area (Å²) in [5.74, 6) is -0.638. The van der Waals surface area contributed by atoms with E-state index in [2.05, 4.69) is 0 Å². The van der Waals surface area contributed by atoms with Crippen LogP contribution in [0, 0.1) is 10.1 Å². The molecule has 0 aliphatic heterocycles. The smallest absolute Gasteiger partial charge is 0.306 e. The molecule has 1 aromatic rings. The lowest BCUT2D eigenvalue weighted by Crippen LogP contribution is -2.07. The van der Waals surface area contributed by atoms with Gasteiger partial charge in [0.25, 0.3) is 5.69 Å². The number of hydrogen-bond donors (Lipinski definition) is 0. The van der Waals surface area contributed by atoms with E-state index in [9.17, 15) is 19.7 Å². The van der Waals surface area contributed by atoms with Crippen LogP contribution in [0.1, 0.15) is 25.3 Å². The Morgan fingerprint density at radius 2 is 1.94 bits per heavy atom. The number of Topliss-reactive ketones (excluding diaryl/α,β-unsaturated/α-hetero) is 1. The van der Waals surface area contributed by atoms with E-state index < -0.39 is 10.9 Å². The van der Waals surface area contributed by atoms with Crippen molar-refractivity contribution in [1.82, 2.24) is 0 Å². The van der Waals surface area contributed by atoms with Gasteiger partial charge in [-0.25, -0.2) is 0 Å². The monoisotopic (exact) mass is 251 g/mol. The van der Waals surface area contributed by atoms with Gasteiger partial charge in [-0.2, -0.15) is 0 Å². The summed E-state index contributed by atoms with van der Waals surface area (Å²) < 4.78 is 4.87. The molecule has 1 rings (SSSR count). The minimum Gasteiger partial charge on any atom is -0.461 e. The van der Waals surface area contributed by atoms with Crippen LogP contribution in [0.15, 0.2) is 24.3 Å². The predicted octanol–water partition coefficient (Wildman–Crippen LogP) is 2.01. The number of nitro groups is 1. The van der Waals surface area contributed by atoms with E-state index in [-0.39, 0.29) is 30.9 Å². The molecule has 0 heterocycles.